The Kier molecular flexibility index (Phi) is 6.16. The summed E-state index contributed by atoms with van der Waals surface area (Å²) in [7, 11) is 0. The van der Waals surface area contributed by atoms with Crippen LogP contribution < -0.4 is 10.6 Å². The Hall–Kier alpha value is -3.28. The minimum absolute atomic E-state index is 0.00624. The maximum Gasteiger partial charge on any atom is 0.437 e. The Balaban J connectivity index is 1.95. The summed E-state index contributed by atoms with van der Waals surface area (Å²) in [6, 6.07) is 9.46. The first-order valence-corrected chi connectivity index (χ1v) is 12.3. The zero-order valence-corrected chi connectivity index (χ0v) is 21.2. The van der Waals surface area contributed by atoms with E-state index in [9.17, 15) is 32.7 Å². The molecule has 3 atom stereocenters. The summed E-state index contributed by atoms with van der Waals surface area (Å²) >= 11 is 12.2. The molecule has 3 aliphatic rings. The number of alkyl halides is 3. The van der Waals surface area contributed by atoms with Gasteiger partial charge in [0.1, 0.15) is 17.2 Å². The van der Waals surface area contributed by atoms with Crippen molar-refractivity contribution in [1.29, 1.82) is 0 Å². The highest BCUT2D eigenvalue weighted by Gasteiger charge is 2.78. The normalized spacial score (nSPS) is 26.1. The first-order valence-electron chi connectivity index (χ1n) is 11.5. The lowest BCUT2D eigenvalue weighted by molar-refractivity contribution is -0.334. The highest BCUT2D eigenvalue weighted by Crippen LogP contribution is 2.61. The first-order chi connectivity index (χ1) is 17.9. The van der Waals surface area contributed by atoms with Crippen molar-refractivity contribution in [3.05, 3.63) is 75.0 Å². The van der Waals surface area contributed by atoms with Crippen LogP contribution in [-0.2, 0) is 19.7 Å². The molecule has 3 aliphatic heterocycles. The topological polar surface area (TPSA) is 108 Å². The molecule has 0 aromatic heterocycles. The number of carbonyl (C=O) groups is 3. The third-order valence-corrected chi connectivity index (χ3v) is 7.55. The molecule has 1 saturated heterocycles. The fourth-order valence-electron chi connectivity index (χ4n) is 5.59. The molecule has 0 bridgehead atoms. The first kappa shape index (κ1) is 26.3. The van der Waals surface area contributed by atoms with Crippen molar-refractivity contribution in [2.45, 2.75) is 24.2 Å². The number of aliphatic hydroxyl groups is 1. The van der Waals surface area contributed by atoms with Crippen molar-refractivity contribution < 1.29 is 37.4 Å². The quantitative estimate of drug-likeness (QED) is 0.381. The molecule has 2 aromatic carbocycles. The number of nitrogens with one attached hydrogen (secondary N) is 2. The van der Waals surface area contributed by atoms with Crippen molar-refractivity contribution in [1.82, 2.24) is 10.2 Å². The number of hydrogen-bond donors (Lipinski definition) is 3. The van der Waals surface area contributed by atoms with Gasteiger partial charge in [-0.2, -0.15) is 13.2 Å². The molecular formula is C25H20Cl2F3N3O5. The molecule has 0 saturated carbocycles. The lowest BCUT2D eigenvalue weighted by atomic mass is 9.58. The van der Waals surface area contributed by atoms with Crippen LogP contribution in [0.25, 0.3) is 0 Å². The highest BCUT2D eigenvalue weighted by atomic mass is 35.5. The van der Waals surface area contributed by atoms with Gasteiger partial charge in [0, 0.05) is 34.4 Å². The van der Waals surface area contributed by atoms with Crippen LogP contribution in [0.3, 0.4) is 0 Å². The number of benzene rings is 2. The largest absolute Gasteiger partial charge is 0.466 e. The lowest BCUT2D eigenvalue weighted by Gasteiger charge is -2.53. The predicted octanol–water partition coefficient (Wildman–Crippen LogP) is 3.63. The van der Waals surface area contributed by atoms with Crippen molar-refractivity contribution in [2.75, 3.05) is 25.0 Å². The number of amides is 1. The maximum absolute atomic E-state index is 14.9. The van der Waals surface area contributed by atoms with Crippen LogP contribution in [-0.4, -0.2) is 59.3 Å². The second-order valence-corrected chi connectivity index (χ2v) is 9.87. The van der Waals surface area contributed by atoms with Crippen molar-refractivity contribution >= 4 is 46.5 Å². The Morgan fingerprint density at radius 1 is 1.16 bits per heavy atom. The number of anilines is 1. The van der Waals surface area contributed by atoms with Gasteiger partial charge in [0.2, 0.25) is 5.91 Å². The van der Waals surface area contributed by atoms with E-state index in [2.05, 4.69) is 10.6 Å². The molecule has 8 nitrogen and oxygen atoms in total. The molecule has 0 aliphatic carbocycles. The second kappa shape index (κ2) is 8.89. The number of carbonyl (C=O) groups excluding carboxylic acids is 3. The summed E-state index contributed by atoms with van der Waals surface area (Å²) in [6.45, 7) is 0.496. The number of ketones is 1. The summed E-state index contributed by atoms with van der Waals surface area (Å²) < 4.78 is 49.8. The summed E-state index contributed by atoms with van der Waals surface area (Å²) in [5.41, 5.74) is -7.20. The predicted molar refractivity (Wildman–Crippen MR) is 130 cm³/mol. The van der Waals surface area contributed by atoms with Crippen LogP contribution in [0.4, 0.5) is 18.9 Å². The van der Waals surface area contributed by atoms with E-state index >= 15 is 0 Å². The van der Waals surface area contributed by atoms with Gasteiger partial charge in [-0.1, -0.05) is 23.2 Å². The smallest absolute Gasteiger partial charge is 0.437 e. The van der Waals surface area contributed by atoms with E-state index in [4.69, 9.17) is 27.9 Å². The Bertz CT molecular complexity index is 1400. The molecule has 3 heterocycles. The van der Waals surface area contributed by atoms with Gasteiger partial charge in [-0.05, 0) is 55.0 Å². The van der Waals surface area contributed by atoms with Crippen LogP contribution in [0.1, 0.15) is 22.8 Å². The summed E-state index contributed by atoms with van der Waals surface area (Å²) in [5, 5.41) is 17.1. The molecule has 13 heteroatoms. The zero-order valence-electron chi connectivity index (χ0n) is 19.7. The van der Waals surface area contributed by atoms with E-state index in [1.54, 1.807) is 0 Å². The maximum atomic E-state index is 14.9. The van der Waals surface area contributed by atoms with Gasteiger partial charge >= 0.3 is 12.1 Å². The number of nitrogens with zero attached hydrogens (tertiary/aromatic N) is 1. The van der Waals surface area contributed by atoms with E-state index in [0.29, 0.717) is 9.92 Å². The monoisotopic (exact) mass is 569 g/mol. The van der Waals surface area contributed by atoms with Crippen LogP contribution in [0, 0.1) is 5.92 Å². The summed E-state index contributed by atoms with van der Waals surface area (Å²) in [4.78, 5) is 42.1. The minimum atomic E-state index is -5.47. The van der Waals surface area contributed by atoms with Crippen LogP contribution in [0.15, 0.2) is 53.9 Å². The SMILES string of the molecule is CCOC(=O)[C@H]1[C@@]2(C(=O)Nc3ccc(Cl)cc32)C(C(=O)c2ccc(Cl)cc2)=C2NCCN2[C@]1(O)C(F)(F)F. The molecule has 5 rings (SSSR count). The highest BCUT2D eigenvalue weighted by molar-refractivity contribution is 6.31. The Labute approximate surface area is 224 Å². The number of halogens is 5. The lowest BCUT2D eigenvalue weighted by Crippen LogP contribution is -2.73. The minimum Gasteiger partial charge on any atom is -0.466 e. The van der Waals surface area contributed by atoms with Crippen LogP contribution in [0.2, 0.25) is 10.0 Å². The van der Waals surface area contributed by atoms with Crippen molar-refractivity contribution in [3.8, 4) is 0 Å². The molecule has 1 fully saturated rings. The number of rotatable bonds is 4. The number of Topliss-reactive ketones (excluding diaryl/α,β-unsaturated/α-hetero) is 1. The van der Waals surface area contributed by atoms with Gasteiger partial charge in [-0.15, -0.1) is 0 Å². The summed E-state index contributed by atoms with van der Waals surface area (Å²) in [5.74, 6) is -6.54. The van der Waals surface area contributed by atoms with Gasteiger partial charge in [0.05, 0.1) is 12.2 Å². The van der Waals surface area contributed by atoms with E-state index in [1.165, 1.54) is 49.4 Å². The number of ether oxygens (including phenoxy) is 1. The fourth-order valence-corrected chi connectivity index (χ4v) is 5.89. The van der Waals surface area contributed by atoms with Gasteiger partial charge in [-0.3, -0.25) is 14.4 Å². The Morgan fingerprint density at radius 3 is 2.45 bits per heavy atom. The zero-order chi connectivity index (χ0) is 27.6. The van der Waals surface area contributed by atoms with Crippen molar-refractivity contribution in [2.24, 2.45) is 5.92 Å². The molecule has 38 heavy (non-hydrogen) atoms. The standard InChI is InChI=1S/C25H20Cl2F3N3O5/c1-2-38-21(35)19-23(15-11-14(27)7-8-16(15)32-22(23)36)17(18(34)12-3-5-13(26)6-4-12)20-31-9-10-33(20)24(19,37)25(28,29)30/h3-8,11,19,31,37H,2,9-10H2,1H3,(H,32,36)/t19-,23-,24+/m0/s1. The molecule has 2 aromatic rings. The summed E-state index contributed by atoms with van der Waals surface area (Å²) in [6.07, 6.45) is -5.47. The van der Waals surface area contributed by atoms with Gasteiger partial charge in [0.15, 0.2) is 5.78 Å². The van der Waals surface area contributed by atoms with E-state index < -0.39 is 58.8 Å². The third kappa shape index (κ3) is 3.45. The molecule has 3 N–H and O–H groups in total. The van der Waals surface area contributed by atoms with E-state index in [1.807, 2.05) is 0 Å². The van der Waals surface area contributed by atoms with E-state index in [0.717, 1.165) is 0 Å². The van der Waals surface area contributed by atoms with Crippen LogP contribution >= 0.6 is 23.2 Å². The molecular weight excluding hydrogens is 550 g/mol. The molecule has 0 radical (unpaired) electrons. The fraction of sp³-hybridized carbons (Fsp3) is 0.320. The Morgan fingerprint density at radius 2 is 1.82 bits per heavy atom. The van der Waals surface area contributed by atoms with E-state index in [-0.39, 0.29) is 35.0 Å². The van der Waals surface area contributed by atoms with Crippen LogP contribution in [0.5, 0.6) is 0 Å². The molecule has 200 valence electrons. The van der Waals surface area contributed by atoms with Gasteiger partial charge in [0.25, 0.3) is 5.72 Å². The van der Waals surface area contributed by atoms with Gasteiger partial charge in [-0.25, -0.2) is 0 Å². The average Bonchev–Trinajstić information content (AvgIpc) is 3.43. The second-order valence-electron chi connectivity index (χ2n) is 9.00. The molecule has 1 amide bonds. The average molecular weight is 570 g/mol. The molecule has 0 unspecified atom stereocenters. The number of esters is 1. The molecule has 1 spiro atoms. The van der Waals surface area contributed by atoms with Gasteiger partial charge < -0.3 is 25.4 Å². The number of hydrogen-bond acceptors (Lipinski definition) is 7. The third-order valence-electron chi connectivity index (χ3n) is 7.06. The van der Waals surface area contributed by atoms with Crippen molar-refractivity contribution in [3.63, 3.8) is 0 Å². The number of fused-ring (bicyclic) bond motifs is 3.